The van der Waals surface area contributed by atoms with E-state index in [9.17, 15) is 10.4 Å². The number of fused-ring (bicyclic) bond motifs is 3. The first-order chi connectivity index (χ1) is 22.0. The van der Waals surface area contributed by atoms with Gasteiger partial charge in [0, 0.05) is 21.8 Å². The molecular weight excluding hydrogens is 751 g/mol. The van der Waals surface area contributed by atoms with Gasteiger partial charge in [-0.3, -0.25) is 0 Å². The van der Waals surface area contributed by atoms with E-state index in [0.29, 0.717) is 6.42 Å². The van der Waals surface area contributed by atoms with E-state index >= 15 is 0 Å². The zero-order valence-corrected chi connectivity index (χ0v) is 35.9. The van der Waals surface area contributed by atoms with Gasteiger partial charge in [-0.05, 0) is 88.0 Å². The second-order valence-electron chi connectivity index (χ2n) is 18.4. The van der Waals surface area contributed by atoms with E-state index in [1.54, 1.807) is 0 Å². The summed E-state index contributed by atoms with van der Waals surface area (Å²) in [6.45, 7) is 27.0. The van der Waals surface area contributed by atoms with Gasteiger partial charge < -0.3 is 9.67 Å². The summed E-state index contributed by atoms with van der Waals surface area (Å²) in [5.41, 5.74) is 4.59. The van der Waals surface area contributed by atoms with Crippen LogP contribution in [0.4, 0.5) is 0 Å². The maximum absolute atomic E-state index is 12.6. The first-order valence-electron chi connectivity index (χ1n) is 17.6. The third-order valence-corrected chi connectivity index (χ3v) is 10.4. The molecule has 5 rings (SSSR count). The molecule has 4 aromatic rings. The average Bonchev–Trinajstić information content (AvgIpc) is 3.31. The van der Waals surface area contributed by atoms with E-state index in [1.807, 2.05) is 18.2 Å². The summed E-state index contributed by atoms with van der Waals surface area (Å²) in [4.78, 5) is 0. The Bertz CT molecular complexity index is 1760. The summed E-state index contributed by atoms with van der Waals surface area (Å²) in [5, 5.41) is 26.3. The van der Waals surface area contributed by atoms with E-state index in [-0.39, 0.29) is 44.6 Å². The van der Waals surface area contributed by atoms with Gasteiger partial charge in [0.15, 0.2) is 0 Å². The van der Waals surface area contributed by atoms with Gasteiger partial charge in [0.1, 0.15) is 6.10 Å². The van der Waals surface area contributed by atoms with Crippen LogP contribution in [0.2, 0.25) is 9.36 Å². The van der Waals surface area contributed by atoms with E-state index in [1.165, 1.54) is 21.9 Å². The molecule has 0 aliphatic heterocycles. The molecule has 3 nitrogen and oxygen atoms in total. The van der Waals surface area contributed by atoms with Crippen molar-refractivity contribution in [2.75, 3.05) is 0 Å². The first-order valence-corrected chi connectivity index (χ1v) is 24.8. The maximum atomic E-state index is 12.6. The molecule has 256 valence electrons. The number of nitrogens with zero attached hydrogens (tertiary/aromatic N) is 2. The molecule has 1 aliphatic rings. The molecule has 0 saturated heterocycles. The quantitative estimate of drug-likeness (QED) is 0.209. The van der Waals surface area contributed by atoms with Crippen LogP contribution in [0.15, 0.2) is 72.8 Å². The number of nitriles is 1. The summed E-state index contributed by atoms with van der Waals surface area (Å²) in [5.74, 6) is 0. The van der Waals surface area contributed by atoms with Gasteiger partial charge in [0.05, 0.1) is 17.0 Å². The minimum atomic E-state index is -0.824. The Hall–Kier alpha value is -2.48. The van der Waals surface area contributed by atoms with Crippen LogP contribution in [0.1, 0.15) is 113 Å². The number of aromatic nitrogens is 1. The molecule has 0 fully saturated rings. The van der Waals surface area contributed by atoms with Crippen molar-refractivity contribution in [3.63, 3.8) is 0 Å². The molecule has 0 radical (unpaired) electrons. The van der Waals surface area contributed by atoms with Gasteiger partial charge in [0.2, 0.25) is 0 Å². The molecule has 0 saturated carbocycles. The van der Waals surface area contributed by atoms with E-state index < -0.39 is 17.1 Å². The van der Waals surface area contributed by atoms with Crippen LogP contribution < -0.4 is 0 Å². The van der Waals surface area contributed by atoms with Crippen LogP contribution in [0.3, 0.4) is 0 Å². The van der Waals surface area contributed by atoms with Crippen LogP contribution in [-0.4, -0.2) is 15.8 Å². The third kappa shape index (κ3) is 7.20. The first kappa shape index (κ1) is 38.3. The Balaban J connectivity index is 0.00000167. The second kappa shape index (κ2) is 13.3. The number of benzene rings is 3. The zero-order chi connectivity index (χ0) is 36.1. The fraction of sp³-hybridized carbons (Fsp3) is 0.523. The van der Waals surface area contributed by atoms with Crippen molar-refractivity contribution < 1.29 is 28.0 Å². The molecule has 0 spiro atoms. The molecule has 3 aromatic carbocycles. The van der Waals surface area contributed by atoms with Crippen molar-refractivity contribution in [1.82, 2.24) is 4.57 Å². The van der Waals surface area contributed by atoms with Crippen LogP contribution in [-0.2, 0) is 39.3 Å². The van der Waals surface area contributed by atoms with Crippen LogP contribution in [0.25, 0.3) is 27.4 Å². The van der Waals surface area contributed by atoms with Crippen LogP contribution in [0.5, 0.6) is 0 Å². The summed E-state index contributed by atoms with van der Waals surface area (Å²) in [6.07, 6.45) is 2.67. The van der Waals surface area contributed by atoms with E-state index in [2.05, 4.69) is 158 Å². The van der Waals surface area contributed by atoms with Crippen molar-refractivity contribution in [3.05, 3.63) is 89.5 Å². The monoisotopic (exact) mass is 812 g/mol. The Kier molecular flexibility index (Phi) is 10.6. The predicted octanol–water partition coefficient (Wildman–Crippen LogP) is 12.1. The van der Waals surface area contributed by atoms with Gasteiger partial charge in [-0.25, -0.2) is 0 Å². The molecule has 3 atom stereocenters. The fourth-order valence-electron chi connectivity index (χ4n) is 8.11. The third-order valence-electron chi connectivity index (χ3n) is 10.4. The van der Waals surface area contributed by atoms with E-state index in [0.717, 1.165) is 28.6 Å². The topological polar surface area (TPSA) is 48.9 Å². The molecule has 4 heteroatoms. The predicted molar refractivity (Wildman–Crippen MR) is 203 cm³/mol. The number of hydrogen-bond acceptors (Lipinski definition) is 2. The molecule has 1 N–H and O–H groups in total. The molecule has 1 aromatic heterocycles. The van der Waals surface area contributed by atoms with Gasteiger partial charge >= 0.3 is 32.3 Å². The number of aliphatic hydroxyl groups is 1. The molecule has 1 aliphatic carbocycles. The SMILES string of the molecule is CC(C)(C)CC(C)(C)C1(C#N)C=C(c2ccccc2)C(O)C(C)(n2c3ccc(C(C)(C)C)cc3c3cc(C(C)(C)C)ccc32)C1.[CH3][Hf][CH3]. The molecule has 1 heterocycles. The fourth-order valence-corrected chi connectivity index (χ4v) is 8.11. The second-order valence-corrected chi connectivity index (χ2v) is 22.0. The Labute approximate surface area is 303 Å². The average molecular weight is 811 g/mol. The molecular formula is C44H60HfN2O. The summed E-state index contributed by atoms with van der Waals surface area (Å²) < 4.78 is 7.02. The van der Waals surface area contributed by atoms with Crippen molar-refractivity contribution in [2.24, 2.45) is 16.2 Å². The van der Waals surface area contributed by atoms with Crippen molar-refractivity contribution >= 4 is 27.4 Å². The molecule has 0 amide bonds. The molecule has 0 bridgehead atoms. The molecule has 48 heavy (non-hydrogen) atoms. The van der Waals surface area contributed by atoms with Gasteiger partial charge in [0.25, 0.3) is 0 Å². The minimum absolute atomic E-state index is 0.00529. The Morgan fingerprint density at radius 1 is 0.792 bits per heavy atom. The zero-order valence-electron chi connectivity index (χ0n) is 32.3. The number of rotatable bonds is 4. The number of hydrogen-bond donors (Lipinski definition) is 1. The standard InChI is InChI=1S/C42H54N2O.2CH3.Hf/c1-37(2,3)25-40(10,11)42(27-43)24-33(28-16-14-13-15-17-28)36(45)41(12,26-42)44-34-20-18-29(38(4,5)6)22-31(34)32-23-30(39(7,8)9)19-21-35(32)44;;;/h13-24,36,45H,25-26H2,1-12H3;2*1H3;. The Morgan fingerprint density at radius 2 is 1.25 bits per heavy atom. The van der Waals surface area contributed by atoms with Gasteiger partial charge in [-0.2, -0.15) is 5.26 Å². The van der Waals surface area contributed by atoms with Crippen molar-refractivity contribution in [3.8, 4) is 6.07 Å². The van der Waals surface area contributed by atoms with Gasteiger partial charge in [-0.15, -0.1) is 0 Å². The van der Waals surface area contributed by atoms with Crippen molar-refractivity contribution in [1.29, 1.82) is 5.26 Å². The summed E-state index contributed by atoms with van der Waals surface area (Å²) >= 11 is 0.0833. The summed E-state index contributed by atoms with van der Waals surface area (Å²) in [6, 6.07) is 26.8. The normalized spacial score (nSPS) is 22.1. The van der Waals surface area contributed by atoms with Crippen LogP contribution >= 0.6 is 0 Å². The van der Waals surface area contributed by atoms with Crippen molar-refractivity contribution in [2.45, 2.75) is 128 Å². The van der Waals surface area contributed by atoms with Crippen LogP contribution in [0, 0.1) is 27.6 Å². The van der Waals surface area contributed by atoms with Gasteiger partial charge in [-0.1, -0.05) is 125 Å². The number of aliphatic hydroxyl groups excluding tert-OH is 1. The molecule has 3 unspecified atom stereocenters. The Morgan fingerprint density at radius 3 is 1.65 bits per heavy atom. The summed E-state index contributed by atoms with van der Waals surface area (Å²) in [7, 11) is 0. The van der Waals surface area contributed by atoms with E-state index in [4.69, 9.17) is 0 Å². The number of allylic oxidation sites excluding steroid dienone is 1.